The van der Waals surface area contributed by atoms with E-state index in [-0.39, 0.29) is 6.10 Å². The second-order valence-corrected chi connectivity index (χ2v) is 5.38. The predicted octanol–water partition coefficient (Wildman–Crippen LogP) is 3.61. The topological polar surface area (TPSA) is 44.5 Å². The van der Waals surface area contributed by atoms with Gasteiger partial charge in [-0.1, -0.05) is 30.3 Å². The van der Waals surface area contributed by atoms with Crippen LogP contribution in [0.2, 0.25) is 0 Å². The number of benzene rings is 2. The molecule has 0 spiro atoms. The zero-order chi connectivity index (χ0) is 14.7. The first-order valence-corrected chi connectivity index (χ1v) is 7.43. The summed E-state index contributed by atoms with van der Waals surface area (Å²) in [6.45, 7) is 0.466. The van der Waals surface area contributed by atoms with E-state index in [1.807, 2.05) is 18.2 Å². The van der Waals surface area contributed by atoms with Gasteiger partial charge >= 0.3 is 0 Å². The maximum absolute atomic E-state index is 6.29. The minimum atomic E-state index is 0.104. The molecule has 0 fully saturated rings. The molecule has 0 radical (unpaired) electrons. The molecule has 0 saturated carbocycles. The molecule has 0 heterocycles. The number of hydrogen-bond acceptors (Lipinski definition) is 3. The lowest BCUT2D eigenvalue weighted by Gasteiger charge is -2.27. The molecule has 1 aliphatic rings. The molecule has 0 amide bonds. The van der Waals surface area contributed by atoms with Crippen LogP contribution in [0, 0.1) is 0 Å². The monoisotopic (exact) mass is 283 g/mol. The van der Waals surface area contributed by atoms with Crippen LogP contribution in [-0.4, -0.2) is 7.11 Å². The van der Waals surface area contributed by atoms with E-state index in [0.29, 0.717) is 6.54 Å². The second-order valence-electron chi connectivity index (χ2n) is 5.38. The van der Waals surface area contributed by atoms with Crippen molar-refractivity contribution in [3.63, 3.8) is 0 Å². The van der Waals surface area contributed by atoms with E-state index >= 15 is 0 Å². The smallest absolute Gasteiger partial charge is 0.128 e. The lowest BCUT2D eigenvalue weighted by molar-refractivity contribution is 0.181. The Morgan fingerprint density at radius 2 is 2.05 bits per heavy atom. The molecule has 2 N–H and O–H groups in total. The molecule has 1 unspecified atom stereocenters. The van der Waals surface area contributed by atoms with E-state index in [0.717, 1.165) is 36.3 Å². The highest BCUT2D eigenvalue weighted by atomic mass is 16.5. The molecule has 0 aromatic heterocycles. The van der Waals surface area contributed by atoms with Crippen LogP contribution >= 0.6 is 0 Å². The van der Waals surface area contributed by atoms with E-state index in [1.165, 1.54) is 11.1 Å². The Morgan fingerprint density at radius 3 is 2.86 bits per heavy atom. The SMILES string of the molecule is COc1ccc(CN)c(OC2CCCc3ccccc32)c1. The quantitative estimate of drug-likeness (QED) is 0.932. The van der Waals surface area contributed by atoms with Crippen LogP contribution in [0.5, 0.6) is 11.5 Å². The van der Waals surface area contributed by atoms with E-state index in [4.69, 9.17) is 15.2 Å². The Hall–Kier alpha value is -2.00. The van der Waals surface area contributed by atoms with Crippen molar-refractivity contribution in [2.75, 3.05) is 7.11 Å². The molecule has 3 heteroatoms. The summed E-state index contributed by atoms with van der Waals surface area (Å²) in [5.41, 5.74) is 9.53. The summed E-state index contributed by atoms with van der Waals surface area (Å²) in [6.07, 6.45) is 3.44. The fraction of sp³-hybridized carbons (Fsp3) is 0.333. The van der Waals surface area contributed by atoms with Crippen molar-refractivity contribution < 1.29 is 9.47 Å². The van der Waals surface area contributed by atoms with Crippen LogP contribution in [0.25, 0.3) is 0 Å². The summed E-state index contributed by atoms with van der Waals surface area (Å²) in [5.74, 6) is 1.63. The molecule has 21 heavy (non-hydrogen) atoms. The van der Waals surface area contributed by atoms with Gasteiger partial charge in [0.15, 0.2) is 0 Å². The molecule has 0 bridgehead atoms. The average molecular weight is 283 g/mol. The van der Waals surface area contributed by atoms with Crippen LogP contribution in [0.1, 0.15) is 35.6 Å². The highest BCUT2D eigenvalue weighted by molar-refractivity contribution is 5.42. The van der Waals surface area contributed by atoms with Gasteiger partial charge in [0.25, 0.3) is 0 Å². The number of methoxy groups -OCH3 is 1. The molecule has 1 aliphatic carbocycles. The van der Waals surface area contributed by atoms with E-state index in [2.05, 4.69) is 24.3 Å². The van der Waals surface area contributed by atoms with Crippen molar-refractivity contribution in [1.82, 2.24) is 0 Å². The Balaban J connectivity index is 1.90. The second kappa shape index (κ2) is 6.19. The summed E-state index contributed by atoms with van der Waals surface area (Å²) in [4.78, 5) is 0. The van der Waals surface area contributed by atoms with Gasteiger partial charge in [-0.15, -0.1) is 0 Å². The maximum atomic E-state index is 6.29. The zero-order valence-corrected chi connectivity index (χ0v) is 12.3. The molecule has 3 rings (SSSR count). The number of nitrogens with two attached hydrogens (primary N) is 1. The summed E-state index contributed by atoms with van der Waals surface area (Å²) >= 11 is 0. The van der Waals surface area contributed by atoms with Crippen LogP contribution in [-0.2, 0) is 13.0 Å². The van der Waals surface area contributed by atoms with Crippen LogP contribution < -0.4 is 15.2 Å². The third kappa shape index (κ3) is 2.88. The summed E-state index contributed by atoms with van der Waals surface area (Å²) in [5, 5.41) is 0. The highest BCUT2D eigenvalue weighted by Crippen LogP contribution is 2.35. The number of hydrogen-bond donors (Lipinski definition) is 1. The van der Waals surface area contributed by atoms with Crippen molar-refractivity contribution >= 4 is 0 Å². The number of rotatable bonds is 4. The van der Waals surface area contributed by atoms with Crippen molar-refractivity contribution in [3.8, 4) is 11.5 Å². The molecular weight excluding hydrogens is 262 g/mol. The van der Waals surface area contributed by atoms with E-state index in [9.17, 15) is 0 Å². The Morgan fingerprint density at radius 1 is 1.19 bits per heavy atom. The Kier molecular flexibility index (Phi) is 4.11. The molecule has 3 nitrogen and oxygen atoms in total. The minimum Gasteiger partial charge on any atom is -0.497 e. The number of fused-ring (bicyclic) bond motifs is 1. The molecule has 0 saturated heterocycles. The first-order valence-electron chi connectivity index (χ1n) is 7.43. The predicted molar refractivity (Wildman–Crippen MR) is 83.6 cm³/mol. The van der Waals surface area contributed by atoms with Crippen LogP contribution in [0.4, 0.5) is 0 Å². The maximum Gasteiger partial charge on any atom is 0.128 e. The average Bonchev–Trinajstić information content (AvgIpc) is 2.55. The Labute approximate surface area is 125 Å². The van der Waals surface area contributed by atoms with Gasteiger partial charge in [-0.3, -0.25) is 0 Å². The molecule has 110 valence electrons. The van der Waals surface area contributed by atoms with Crippen LogP contribution in [0.15, 0.2) is 42.5 Å². The van der Waals surface area contributed by atoms with Gasteiger partial charge < -0.3 is 15.2 Å². The van der Waals surface area contributed by atoms with Gasteiger partial charge in [0, 0.05) is 18.2 Å². The van der Waals surface area contributed by atoms with Crippen molar-refractivity contribution in [2.24, 2.45) is 5.73 Å². The van der Waals surface area contributed by atoms with Gasteiger partial charge in [0.2, 0.25) is 0 Å². The molecule has 1 atom stereocenters. The first kappa shape index (κ1) is 14.0. The fourth-order valence-corrected chi connectivity index (χ4v) is 2.93. The van der Waals surface area contributed by atoms with Crippen molar-refractivity contribution in [2.45, 2.75) is 31.9 Å². The third-order valence-electron chi connectivity index (χ3n) is 4.08. The largest absolute Gasteiger partial charge is 0.497 e. The van der Waals surface area contributed by atoms with Crippen molar-refractivity contribution in [3.05, 3.63) is 59.2 Å². The number of ether oxygens (including phenoxy) is 2. The summed E-state index contributed by atoms with van der Waals surface area (Å²) in [7, 11) is 1.66. The van der Waals surface area contributed by atoms with E-state index < -0.39 is 0 Å². The lowest BCUT2D eigenvalue weighted by atomic mass is 9.89. The molecule has 2 aromatic carbocycles. The summed E-state index contributed by atoms with van der Waals surface area (Å²) in [6, 6.07) is 14.4. The van der Waals surface area contributed by atoms with Crippen molar-refractivity contribution in [1.29, 1.82) is 0 Å². The highest BCUT2D eigenvalue weighted by Gasteiger charge is 2.22. The summed E-state index contributed by atoms with van der Waals surface area (Å²) < 4.78 is 11.6. The zero-order valence-electron chi connectivity index (χ0n) is 12.3. The van der Waals surface area contributed by atoms with Gasteiger partial charge in [0.1, 0.15) is 17.6 Å². The standard InChI is InChI=1S/C18H21NO2/c1-20-15-10-9-14(12-19)18(11-15)21-17-8-4-6-13-5-2-3-7-16(13)17/h2-3,5,7,9-11,17H,4,6,8,12,19H2,1H3. The van der Waals surface area contributed by atoms with Crippen LogP contribution in [0.3, 0.4) is 0 Å². The third-order valence-corrected chi connectivity index (χ3v) is 4.08. The Bertz CT molecular complexity index is 624. The first-order chi connectivity index (χ1) is 10.3. The number of aryl methyl sites for hydroxylation is 1. The molecule has 0 aliphatic heterocycles. The van der Waals surface area contributed by atoms with Gasteiger partial charge in [-0.2, -0.15) is 0 Å². The minimum absolute atomic E-state index is 0.104. The molecule has 2 aromatic rings. The lowest BCUT2D eigenvalue weighted by Crippen LogP contribution is -2.16. The van der Waals surface area contributed by atoms with Gasteiger partial charge in [0.05, 0.1) is 7.11 Å². The fourth-order valence-electron chi connectivity index (χ4n) is 2.93. The van der Waals surface area contributed by atoms with Gasteiger partial charge in [-0.25, -0.2) is 0 Å². The van der Waals surface area contributed by atoms with E-state index in [1.54, 1.807) is 7.11 Å². The van der Waals surface area contributed by atoms with Gasteiger partial charge in [-0.05, 0) is 36.5 Å². The normalized spacial score (nSPS) is 17.1. The molecular formula is C18H21NO2.